The van der Waals surface area contributed by atoms with Crippen LogP contribution in [0.25, 0.3) is 11.6 Å². The van der Waals surface area contributed by atoms with Crippen LogP contribution in [-0.2, 0) is 11.3 Å². The highest BCUT2D eigenvalue weighted by atomic mass is 16.5. The molecule has 7 nitrogen and oxygen atoms in total. The maximum atomic E-state index is 11.4. The van der Waals surface area contributed by atoms with Gasteiger partial charge in [0.05, 0.1) is 12.8 Å². The van der Waals surface area contributed by atoms with Gasteiger partial charge in [0.2, 0.25) is 11.7 Å². The van der Waals surface area contributed by atoms with E-state index in [2.05, 4.69) is 17.1 Å². The molecule has 0 bridgehead atoms. The molecule has 112 valence electrons. The molecule has 0 radical (unpaired) electrons. The van der Waals surface area contributed by atoms with Crippen LogP contribution in [0.3, 0.4) is 0 Å². The Balaban J connectivity index is 1.72. The number of carboxylic acids is 1. The van der Waals surface area contributed by atoms with Gasteiger partial charge < -0.3 is 14.0 Å². The molecular weight excluding hydrogens is 274 g/mol. The Kier molecular flexibility index (Phi) is 3.74. The number of aromatic nitrogens is 2. The molecule has 7 heteroatoms. The molecular formula is C14H17N3O4. The lowest BCUT2D eigenvalue weighted by Crippen LogP contribution is -2.46. The molecule has 0 saturated carbocycles. The van der Waals surface area contributed by atoms with Gasteiger partial charge in [-0.15, -0.1) is 0 Å². The van der Waals surface area contributed by atoms with Gasteiger partial charge in [0, 0.05) is 0 Å². The summed E-state index contributed by atoms with van der Waals surface area (Å²) in [4.78, 5) is 17.5. The summed E-state index contributed by atoms with van der Waals surface area (Å²) in [5, 5.41) is 13.2. The van der Waals surface area contributed by atoms with Gasteiger partial charge >= 0.3 is 5.97 Å². The number of hydrogen-bond acceptors (Lipinski definition) is 6. The Labute approximate surface area is 121 Å². The molecule has 0 spiro atoms. The lowest BCUT2D eigenvalue weighted by atomic mass is 9.92. The Morgan fingerprint density at radius 3 is 3.14 bits per heavy atom. The molecule has 3 rings (SSSR count). The van der Waals surface area contributed by atoms with E-state index in [1.807, 2.05) is 4.90 Å². The Morgan fingerprint density at radius 1 is 1.57 bits per heavy atom. The van der Waals surface area contributed by atoms with Crippen molar-refractivity contribution in [2.45, 2.75) is 32.4 Å². The van der Waals surface area contributed by atoms with Crippen LogP contribution in [0.5, 0.6) is 0 Å². The monoisotopic (exact) mass is 291 g/mol. The summed E-state index contributed by atoms with van der Waals surface area (Å²) in [6.45, 7) is 3.14. The predicted octanol–water partition coefficient (Wildman–Crippen LogP) is 2.01. The highest BCUT2D eigenvalue weighted by Crippen LogP contribution is 2.24. The molecule has 2 aromatic rings. The van der Waals surface area contributed by atoms with E-state index in [1.54, 1.807) is 12.1 Å². The Morgan fingerprint density at radius 2 is 2.43 bits per heavy atom. The van der Waals surface area contributed by atoms with Crippen LogP contribution in [0.2, 0.25) is 0 Å². The molecule has 1 fully saturated rings. The van der Waals surface area contributed by atoms with Crippen molar-refractivity contribution in [3.8, 4) is 11.6 Å². The third-order valence-electron chi connectivity index (χ3n) is 3.81. The number of hydrogen-bond donors (Lipinski definition) is 1. The Hall–Kier alpha value is -2.15. The number of piperidine rings is 1. The minimum atomic E-state index is -0.799. The van der Waals surface area contributed by atoms with Crippen LogP contribution in [0.1, 0.15) is 25.7 Å². The minimum absolute atomic E-state index is 0.345. The van der Waals surface area contributed by atoms with Crippen LogP contribution in [0.15, 0.2) is 27.3 Å². The zero-order valence-electron chi connectivity index (χ0n) is 11.7. The standard InChI is InChI=1S/C14H17N3O4/c1-9-4-5-17(10(7-9)14(18)19)8-12-15-13(16-21-12)11-3-2-6-20-11/h2-3,6,9-10H,4-5,7-8H2,1H3,(H,18,19). The first-order chi connectivity index (χ1) is 10.1. The summed E-state index contributed by atoms with van der Waals surface area (Å²) >= 11 is 0. The van der Waals surface area contributed by atoms with E-state index in [4.69, 9.17) is 8.94 Å². The molecule has 2 unspecified atom stereocenters. The minimum Gasteiger partial charge on any atom is -0.480 e. The van der Waals surface area contributed by atoms with Crippen LogP contribution in [-0.4, -0.2) is 38.7 Å². The van der Waals surface area contributed by atoms with Crippen molar-refractivity contribution in [2.75, 3.05) is 6.54 Å². The van der Waals surface area contributed by atoms with Crippen LogP contribution < -0.4 is 0 Å². The molecule has 1 saturated heterocycles. The maximum Gasteiger partial charge on any atom is 0.320 e. The number of nitrogens with zero attached hydrogens (tertiary/aromatic N) is 3. The van der Waals surface area contributed by atoms with Crippen molar-refractivity contribution in [1.82, 2.24) is 15.0 Å². The largest absolute Gasteiger partial charge is 0.480 e. The molecule has 0 aliphatic carbocycles. The van der Waals surface area contributed by atoms with E-state index in [1.165, 1.54) is 6.26 Å². The van der Waals surface area contributed by atoms with Crippen molar-refractivity contribution in [3.05, 3.63) is 24.3 Å². The van der Waals surface area contributed by atoms with Crippen LogP contribution >= 0.6 is 0 Å². The molecule has 1 aliphatic heterocycles. The van der Waals surface area contributed by atoms with E-state index >= 15 is 0 Å². The smallest absolute Gasteiger partial charge is 0.320 e. The van der Waals surface area contributed by atoms with E-state index in [0.717, 1.165) is 13.0 Å². The van der Waals surface area contributed by atoms with Crippen molar-refractivity contribution in [3.63, 3.8) is 0 Å². The first kappa shape index (κ1) is 13.8. The fraction of sp³-hybridized carbons (Fsp3) is 0.500. The summed E-state index contributed by atoms with van der Waals surface area (Å²) in [5.41, 5.74) is 0. The zero-order valence-corrected chi connectivity index (χ0v) is 11.7. The quantitative estimate of drug-likeness (QED) is 0.921. The van der Waals surface area contributed by atoms with E-state index < -0.39 is 12.0 Å². The van der Waals surface area contributed by atoms with E-state index in [-0.39, 0.29) is 0 Å². The molecule has 2 atom stereocenters. The van der Waals surface area contributed by atoms with Gasteiger partial charge in [0.25, 0.3) is 0 Å². The second kappa shape index (κ2) is 5.69. The zero-order chi connectivity index (χ0) is 14.8. The van der Waals surface area contributed by atoms with Crippen LogP contribution in [0.4, 0.5) is 0 Å². The Bertz CT molecular complexity index is 608. The summed E-state index contributed by atoms with van der Waals surface area (Å²) in [6, 6.07) is 3.00. The normalized spacial score (nSPS) is 23.3. The first-order valence-corrected chi connectivity index (χ1v) is 6.97. The highest BCUT2D eigenvalue weighted by molar-refractivity contribution is 5.73. The molecule has 21 heavy (non-hydrogen) atoms. The van der Waals surface area contributed by atoms with Gasteiger partial charge in [-0.05, 0) is 37.4 Å². The van der Waals surface area contributed by atoms with Gasteiger partial charge in [-0.3, -0.25) is 9.69 Å². The summed E-state index contributed by atoms with van der Waals surface area (Å²) in [6.07, 6.45) is 3.16. The number of likely N-dealkylation sites (tertiary alicyclic amines) is 1. The van der Waals surface area contributed by atoms with Gasteiger partial charge in [-0.1, -0.05) is 12.1 Å². The SMILES string of the molecule is CC1CCN(Cc2nc(-c3ccco3)no2)C(C(=O)O)C1. The molecule has 2 aromatic heterocycles. The fourth-order valence-corrected chi connectivity index (χ4v) is 2.64. The number of aliphatic carboxylic acids is 1. The average molecular weight is 291 g/mol. The molecule has 0 amide bonds. The van der Waals surface area contributed by atoms with E-state index in [0.29, 0.717) is 36.4 Å². The lowest BCUT2D eigenvalue weighted by molar-refractivity contribution is -0.145. The van der Waals surface area contributed by atoms with Gasteiger partial charge in [0.1, 0.15) is 6.04 Å². The summed E-state index contributed by atoms with van der Waals surface area (Å²) in [7, 11) is 0. The van der Waals surface area contributed by atoms with Crippen LogP contribution in [0, 0.1) is 5.92 Å². The van der Waals surface area contributed by atoms with Gasteiger partial charge in [0.15, 0.2) is 5.76 Å². The van der Waals surface area contributed by atoms with E-state index in [9.17, 15) is 9.90 Å². The number of rotatable bonds is 4. The fourth-order valence-electron chi connectivity index (χ4n) is 2.64. The summed E-state index contributed by atoms with van der Waals surface area (Å²) < 4.78 is 10.4. The molecule has 1 N–H and O–H groups in total. The highest BCUT2D eigenvalue weighted by Gasteiger charge is 2.32. The number of furan rings is 1. The first-order valence-electron chi connectivity index (χ1n) is 6.97. The second-order valence-electron chi connectivity index (χ2n) is 5.44. The lowest BCUT2D eigenvalue weighted by Gasteiger charge is -2.34. The second-order valence-corrected chi connectivity index (χ2v) is 5.44. The summed E-state index contributed by atoms with van der Waals surface area (Å²) in [5.74, 6) is 0.942. The molecule has 3 heterocycles. The molecule has 1 aliphatic rings. The third kappa shape index (κ3) is 2.97. The third-order valence-corrected chi connectivity index (χ3v) is 3.81. The van der Waals surface area contributed by atoms with Crippen molar-refractivity contribution >= 4 is 5.97 Å². The molecule has 0 aromatic carbocycles. The van der Waals surface area contributed by atoms with Gasteiger partial charge in [-0.2, -0.15) is 4.98 Å². The van der Waals surface area contributed by atoms with Crippen molar-refractivity contribution < 1.29 is 18.8 Å². The van der Waals surface area contributed by atoms with Crippen molar-refractivity contribution in [2.24, 2.45) is 5.92 Å². The van der Waals surface area contributed by atoms with Crippen molar-refractivity contribution in [1.29, 1.82) is 0 Å². The number of carbonyl (C=O) groups is 1. The topological polar surface area (TPSA) is 92.6 Å². The number of carboxylic acid groups (broad SMARTS) is 1. The van der Waals surface area contributed by atoms with Gasteiger partial charge in [-0.25, -0.2) is 0 Å². The average Bonchev–Trinajstić information content (AvgIpc) is 3.11. The maximum absolute atomic E-state index is 11.4. The predicted molar refractivity (Wildman–Crippen MR) is 72.2 cm³/mol.